The maximum Gasteiger partial charge on any atom is 0.419 e. The van der Waals surface area contributed by atoms with Gasteiger partial charge in [-0.1, -0.05) is 18.2 Å². The summed E-state index contributed by atoms with van der Waals surface area (Å²) in [6, 6.07) is 14.6. The quantitative estimate of drug-likeness (QED) is 0.685. The van der Waals surface area contributed by atoms with Gasteiger partial charge in [0.15, 0.2) is 5.58 Å². The van der Waals surface area contributed by atoms with Crippen LogP contribution in [0.5, 0.6) is 0 Å². The minimum atomic E-state index is -3.63. The number of hydrogen-bond acceptors (Lipinski definition) is 5. The summed E-state index contributed by atoms with van der Waals surface area (Å²) in [5, 5.41) is 0. The first-order chi connectivity index (χ1) is 13.0. The van der Waals surface area contributed by atoms with Crippen molar-refractivity contribution in [1.29, 1.82) is 0 Å². The summed E-state index contributed by atoms with van der Waals surface area (Å²) in [5.41, 5.74) is 2.00. The lowest BCUT2D eigenvalue weighted by Crippen LogP contribution is -2.48. The van der Waals surface area contributed by atoms with Crippen LogP contribution in [-0.2, 0) is 16.6 Å². The predicted octanol–water partition coefficient (Wildman–Crippen LogP) is 2.13. The number of anilines is 1. The van der Waals surface area contributed by atoms with E-state index in [0.29, 0.717) is 43.8 Å². The molecule has 3 aromatic rings. The monoisotopic (exact) mass is 387 g/mol. The largest absolute Gasteiger partial charge is 0.419 e. The molecular weight excluding hydrogens is 366 g/mol. The molecule has 2 heterocycles. The first-order valence-electron chi connectivity index (χ1n) is 8.94. The lowest BCUT2D eigenvalue weighted by Gasteiger charge is -2.35. The van der Waals surface area contributed by atoms with E-state index in [1.54, 1.807) is 12.1 Å². The summed E-state index contributed by atoms with van der Waals surface area (Å²) >= 11 is 0. The van der Waals surface area contributed by atoms with Crippen LogP contribution in [0.1, 0.15) is 6.92 Å². The highest BCUT2D eigenvalue weighted by molar-refractivity contribution is 7.89. The summed E-state index contributed by atoms with van der Waals surface area (Å²) in [6.45, 7) is 4.40. The average molecular weight is 387 g/mol. The number of benzene rings is 2. The van der Waals surface area contributed by atoms with Crippen molar-refractivity contribution >= 4 is 26.8 Å². The molecule has 1 aliphatic rings. The Kier molecular flexibility index (Phi) is 4.53. The van der Waals surface area contributed by atoms with Crippen LogP contribution in [0.2, 0.25) is 0 Å². The molecule has 0 spiro atoms. The molecule has 0 atom stereocenters. The SMILES string of the molecule is CCn1c(=O)oc2cc(S(=O)(=O)N3CCN(c4ccccc4)CC3)ccc21. The number of piperazine rings is 1. The summed E-state index contributed by atoms with van der Waals surface area (Å²) in [7, 11) is -3.63. The van der Waals surface area contributed by atoms with Crippen molar-refractivity contribution < 1.29 is 12.8 Å². The third kappa shape index (κ3) is 3.15. The van der Waals surface area contributed by atoms with Crippen molar-refractivity contribution in [2.45, 2.75) is 18.4 Å². The van der Waals surface area contributed by atoms with Gasteiger partial charge < -0.3 is 9.32 Å². The zero-order chi connectivity index (χ0) is 19.0. The van der Waals surface area contributed by atoms with Gasteiger partial charge in [-0.3, -0.25) is 4.57 Å². The molecule has 0 bridgehead atoms. The number of nitrogens with zero attached hydrogens (tertiary/aromatic N) is 3. The van der Waals surface area contributed by atoms with Crippen molar-refractivity contribution in [2.75, 3.05) is 31.1 Å². The summed E-state index contributed by atoms with van der Waals surface area (Å²) in [5.74, 6) is -0.474. The van der Waals surface area contributed by atoms with Gasteiger partial charge in [0.2, 0.25) is 10.0 Å². The van der Waals surface area contributed by atoms with Crippen molar-refractivity contribution in [1.82, 2.24) is 8.87 Å². The molecule has 1 fully saturated rings. The van der Waals surface area contributed by atoms with Crippen LogP contribution in [0.25, 0.3) is 11.1 Å². The van der Waals surface area contributed by atoms with E-state index in [1.165, 1.54) is 14.9 Å². The molecule has 1 aliphatic heterocycles. The molecule has 8 heteroatoms. The second-order valence-electron chi connectivity index (χ2n) is 6.47. The summed E-state index contributed by atoms with van der Waals surface area (Å²) in [4.78, 5) is 14.2. The van der Waals surface area contributed by atoms with Crippen molar-refractivity contribution in [3.63, 3.8) is 0 Å². The van der Waals surface area contributed by atoms with E-state index in [0.717, 1.165) is 5.69 Å². The lowest BCUT2D eigenvalue weighted by molar-refractivity contribution is 0.385. The molecule has 0 amide bonds. The van der Waals surface area contributed by atoms with Crippen LogP contribution >= 0.6 is 0 Å². The van der Waals surface area contributed by atoms with Crippen molar-refractivity contribution in [3.8, 4) is 0 Å². The number of oxazole rings is 1. The fourth-order valence-electron chi connectivity index (χ4n) is 3.48. The van der Waals surface area contributed by atoms with E-state index in [1.807, 2.05) is 37.3 Å². The molecule has 0 aliphatic carbocycles. The highest BCUT2D eigenvalue weighted by Crippen LogP contribution is 2.24. The van der Waals surface area contributed by atoms with Gasteiger partial charge in [0, 0.05) is 44.5 Å². The van der Waals surface area contributed by atoms with Crippen LogP contribution < -0.4 is 10.7 Å². The maximum absolute atomic E-state index is 13.0. The molecular formula is C19H21N3O4S. The topological polar surface area (TPSA) is 75.8 Å². The fourth-order valence-corrected chi connectivity index (χ4v) is 4.92. The van der Waals surface area contributed by atoms with Gasteiger partial charge in [0.05, 0.1) is 10.4 Å². The molecule has 1 saturated heterocycles. The van der Waals surface area contributed by atoms with Gasteiger partial charge in [0.25, 0.3) is 0 Å². The Hall–Kier alpha value is -2.58. The Labute approximate surface area is 157 Å². The second kappa shape index (κ2) is 6.86. The first kappa shape index (κ1) is 17.8. The van der Waals surface area contributed by atoms with E-state index in [2.05, 4.69) is 4.90 Å². The van der Waals surface area contributed by atoms with E-state index in [-0.39, 0.29) is 4.90 Å². The molecule has 7 nitrogen and oxygen atoms in total. The number of aromatic nitrogens is 1. The van der Waals surface area contributed by atoms with Gasteiger partial charge in [-0.2, -0.15) is 4.31 Å². The number of aryl methyl sites for hydroxylation is 1. The molecule has 0 saturated carbocycles. The Bertz CT molecular complexity index is 1110. The van der Waals surface area contributed by atoms with Crippen molar-refractivity contribution in [2.24, 2.45) is 0 Å². The zero-order valence-electron chi connectivity index (χ0n) is 15.0. The second-order valence-corrected chi connectivity index (χ2v) is 8.41. The normalized spacial score (nSPS) is 16.1. The third-order valence-electron chi connectivity index (χ3n) is 4.95. The van der Waals surface area contributed by atoms with E-state index < -0.39 is 15.8 Å². The van der Waals surface area contributed by atoms with Gasteiger partial charge in [-0.15, -0.1) is 0 Å². The Morgan fingerprint density at radius 2 is 1.70 bits per heavy atom. The molecule has 0 N–H and O–H groups in total. The number of rotatable bonds is 4. The molecule has 142 valence electrons. The Morgan fingerprint density at radius 3 is 2.37 bits per heavy atom. The minimum absolute atomic E-state index is 0.153. The van der Waals surface area contributed by atoms with Crippen LogP contribution in [-0.4, -0.2) is 43.5 Å². The van der Waals surface area contributed by atoms with E-state index in [4.69, 9.17) is 4.42 Å². The molecule has 1 aromatic heterocycles. The van der Waals surface area contributed by atoms with E-state index in [9.17, 15) is 13.2 Å². The number of fused-ring (bicyclic) bond motifs is 1. The van der Waals surface area contributed by atoms with Crippen LogP contribution in [0.4, 0.5) is 5.69 Å². The first-order valence-corrected chi connectivity index (χ1v) is 10.4. The van der Waals surface area contributed by atoms with Crippen molar-refractivity contribution in [3.05, 3.63) is 59.1 Å². The van der Waals surface area contributed by atoms with Gasteiger partial charge in [0.1, 0.15) is 0 Å². The highest BCUT2D eigenvalue weighted by atomic mass is 32.2. The third-order valence-corrected chi connectivity index (χ3v) is 6.85. The molecule has 27 heavy (non-hydrogen) atoms. The smallest absolute Gasteiger partial charge is 0.408 e. The minimum Gasteiger partial charge on any atom is -0.408 e. The molecule has 0 radical (unpaired) electrons. The molecule has 0 unspecified atom stereocenters. The zero-order valence-corrected chi connectivity index (χ0v) is 15.9. The number of sulfonamides is 1. The number of hydrogen-bond donors (Lipinski definition) is 0. The highest BCUT2D eigenvalue weighted by Gasteiger charge is 2.29. The number of para-hydroxylation sites is 1. The van der Waals surface area contributed by atoms with Gasteiger partial charge >= 0.3 is 5.76 Å². The summed E-state index contributed by atoms with van der Waals surface area (Å²) < 4.78 is 34.2. The lowest BCUT2D eigenvalue weighted by atomic mass is 10.2. The molecule has 2 aromatic carbocycles. The van der Waals surface area contributed by atoms with Crippen LogP contribution in [0, 0.1) is 0 Å². The fraction of sp³-hybridized carbons (Fsp3) is 0.316. The molecule has 4 rings (SSSR count). The van der Waals surface area contributed by atoms with E-state index >= 15 is 0 Å². The van der Waals surface area contributed by atoms with Crippen LogP contribution in [0.15, 0.2) is 62.6 Å². The Morgan fingerprint density at radius 1 is 1.00 bits per heavy atom. The predicted molar refractivity (Wildman–Crippen MR) is 104 cm³/mol. The van der Waals surface area contributed by atoms with Crippen LogP contribution in [0.3, 0.4) is 0 Å². The standard InChI is InChI=1S/C19H21N3O4S/c1-2-22-17-9-8-16(14-18(17)26-19(22)23)27(24,25)21-12-10-20(11-13-21)15-6-4-3-5-7-15/h3-9,14H,2,10-13H2,1H3. The summed E-state index contributed by atoms with van der Waals surface area (Å²) in [6.07, 6.45) is 0. The van der Waals surface area contributed by atoms with Gasteiger partial charge in [-0.05, 0) is 31.2 Å². The average Bonchev–Trinajstić information content (AvgIpc) is 3.02. The van der Waals surface area contributed by atoms with Gasteiger partial charge in [-0.25, -0.2) is 13.2 Å². The Balaban J connectivity index is 1.57. The maximum atomic E-state index is 13.0.